The molecule has 0 amide bonds. The van der Waals surface area contributed by atoms with Gasteiger partial charge in [-0.2, -0.15) is 0 Å². The van der Waals surface area contributed by atoms with Crippen molar-refractivity contribution >= 4 is 16.7 Å². The van der Waals surface area contributed by atoms with Gasteiger partial charge >= 0.3 is 5.97 Å². The van der Waals surface area contributed by atoms with E-state index in [-0.39, 0.29) is 5.97 Å². The molecule has 20 heavy (non-hydrogen) atoms. The Bertz CT molecular complexity index is 575. The lowest BCUT2D eigenvalue weighted by Crippen LogP contribution is -2.30. The van der Waals surface area contributed by atoms with Crippen LogP contribution in [0.2, 0.25) is 0 Å². The summed E-state index contributed by atoms with van der Waals surface area (Å²) in [4.78, 5) is 13.7. The third-order valence-electron chi connectivity index (χ3n) is 3.38. The summed E-state index contributed by atoms with van der Waals surface area (Å²) >= 11 is 0. The van der Waals surface area contributed by atoms with Crippen LogP contribution in [0.1, 0.15) is 19.4 Å². The molecule has 3 heteroatoms. The first-order chi connectivity index (χ1) is 9.74. The summed E-state index contributed by atoms with van der Waals surface area (Å²) in [6.45, 7) is 6.25. The molecule has 0 aliphatic carbocycles. The highest BCUT2D eigenvalue weighted by Crippen LogP contribution is 2.19. The van der Waals surface area contributed by atoms with Gasteiger partial charge in [0.1, 0.15) is 0 Å². The molecule has 2 rings (SSSR count). The third kappa shape index (κ3) is 3.58. The first-order valence-corrected chi connectivity index (χ1v) is 7.09. The summed E-state index contributed by atoms with van der Waals surface area (Å²) in [5.41, 5.74) is 1.24. The Hall–Kier alpha value is -1.87. The first kappa shape index (κ1) is 14.5. The van der Waals surface area contributed by atoms with Crippen molar-refractivity contribution in [1.29, 1.82) is 0 Å². The summed E-state index contributed by atoms with van der Waals surface area (Å²) in [6, 6.07) is 14.6. The zero-order valence-corrected chi connectivity index (χ0v) is 12.1. The summed E-state index contributed by atoms with van der Waals surface area (Å²) in [5, 5.41) is 2.48. The van der Waals surface area contributed by atoms with Crippen molar-refractivity contribution in [3.8, 4) is 0 Å². The molecule has 0 unspecified atom stereocenters. The third-order valence-corrected chi connectivity index (χ3v) is 3.38. The number of rotatable bonds is 6. The first-order valence-electron chi connectivity index (χ1n) is 7.09. The van der Waals surface area contributed by atoms with E-state index >= 15 is 0 Å². The van der Waals surface area contributed by atoms with E-state index in [1.54, 1.807) is 0 Å². The fourth-order valence-corrected chi connectivity index (χ4v) is 2.34. The molecule has 0 N–H and O–H groups in total. The zero-order valence-electron chi connectivity index (χ0n) is 12.1. The molecule has 0 radical (unpaired) electrons. The second kappa shape index (κ2) is 7.06. The van der Waals surface area contributed by atoms with E-state index in [1.807, 2.05) is 19.1 Å². The number of ether oxygens (including phenoxy) is 1. The molecule has 0 saturated carbocycles. The largest absolute Gasteiger partial charge is 0.465 e. The van der Waals surface area contributed by atoms with Gasteiger partial charge in [-0.15, -0.1) is 0 Å². The van der Waals surface area contributed by atoms with Gasteiger partial charge < -0.3 is 4.74 Å². The van der Waals surface area contributed by atoms with E-state index in [0.717, 1.165) is 13.1 Å². The number of carbonyl (C=O) groups excluding carboxylic acids is 1. The van der Waals surface area contributed by atoms with E-state index in [1.165, 1.54) is 16.3 Å². The Morgan fingerprint density at radius 1 is 1.10 bits per heavy atom. The zero-order chi connectivity index (χ0) is 14.4. The highest BCUT2D eigenvalue weighted by atomic mass is 16.5. The van der Waals surface area contributed by atoms with E-state index in [0.29, 0.717) is 13.2 Å². The van der Waals surface area contributed by atoms with Crippen LogP contribution in [0.5, 0.6) is 0 Å². The van der Waals surface area contributed by atoms with E-state index in [9.17, 15) is 4.79 Å². The Morgan fingerprint density at radius 3 is 2.60 bits per heavy atom. The molecule has 2 aromatic rings. The van der Waals surface area contributed by atoms with Crippen LogP contribution in [0.25, 0.3) is 10.8 Å². The monoisotopic (exact) mass is 271 g/mol. The summed E-state index contributed by atoms with van der Waals surface area (Å²) in [7, 11) is 0. The lowest BCUT2D eigenvalue weighted by Gasteiger charge is -2.20. The number of hydrogen-bond acceptors (Lipinski definition) is 3. The van der Waals surface area contributed by atoms with Gasteiger partial charge in [-0.3, -0.25) is 9.69 Å². The van der Waals surface area contributed by atoms with Crippen LogP contribution >= 0.6 is 0 Å². The van der Waals surface area contributed by atoms with Crippen LogP contribution in [-0.4, -0.2) is 30.6 Å². The molecule has 0 spiro atoms. The van der Waals surface area contributed by atoms with Crippen molar-refractivity contribution < 1.29 is 9.53 Å². The molecule has 0 aliphatic rings. The molecule has 0 bridgehead atoms. The van der Waals surface area contributed by atoms with Gasteiger partial charge in [0.25, 0.3) is 0 Å². The average Bonchev–Trinajstić information content (AvgIpc) is 2.47. The van der Waals surface area contributed by atoms with Crippen molar-refractivity contribution in [1.82, 2.24) is 4.90 Å². The molecule has 0 fully saturated rings. The van der Waals surface area contributed by atoms with Gasteiger partial charge in [-0.25, -0.2) is 0 Å². The van der Waals surface area contributed by atoms with Gasteiger partial charge in [0.05, 0.1) is 13.2 Å². The van der Waals surface area contributed by atoms with Gasteiger partial charge in [0.2, 0.25) is 0 Å². The molecule has 0 aliphatic heterocycles. The second-order valence-corrected chi connectivity index (χ2v) is 4.75. The molecular weight excluding hydrogens is 250 g/mol. The minimum Gasteiger partial charge on any atom is -0.465 e. The van der Waals surface area contributed by atoms with Crippen molar-refractivity contribution in [3.63, 3.8) is 0 Å². The maximum absolute atomic E-state index is 11.6. The smallest absolute Gasteiger partial charge is 0.320 e. The summed E-state index contributed by atoms with van der Waals surface area (Å²) in [6.07, 6.45) is 0. The predicted octanol–water partition coefficient (Wildman–Crippen LogP) is 3.22. The topological polar surface area (TPSA) is 29.5 Å². The number of benzene rings is 2. The number of fused-ring (bicyclic) bond motifs is 1. The van der Waals surface area contributed by atoms with Crippen LogP contribution in [-0.2, 0) is 16.1 Å². The fraction of sp³-hybridized carbons (Fsp3) is 0.353. The molecule has 0 saturated heterocycles. The van der Waals surface area contributed by atoms with Gasteiger partial charge in [-0.1, -0.05) is 49.4 Å². The predicted molar refractivity (Wildman–Crippen MR) is 81.5 cm³/mol. The maximum atomic E-state index is 11.6. The summed E-state index contributed by atoms with van der Waals surface area (Å²) < 4.78 is 5.02. The van der Waals surface area contributed by atoms with E-state index in [2.05, 4.69) is 42.2 Å². The molecule has 0 atom stereocenters. The van der Waals surface area contributed by atoms with E-state index < -0.39 is 0 Å². The molecular formula is C17H21NO2. The van der Waals surface area contributed by atoms with Gasteiger partial charge in [0, 0.05) is 6.54 Å². The van der Waals surface area contributed by atoms with Crippen LogP contribution in [0.4, 0.5) is 0 Å². The standard InChI is InChI=1S/C17H21NO2/c1-3-18(13-17(19)20-4-2)12-15-10-7-9-14-8-5-6-11-16(14)15/h5-11H,3-4,12-13H2,1-2H3. The Labute approximate surface area is 120 Å². The Balaban J connectivity index is 2.15. The number of nitrogens with zero attached hydrogens (tertiary/aromatic N) is 1. The number of carbonyl (C=O) groups is 1. The van der Waals surface area contributed by atoms with Crippen LogP contribution in [0.15, 0.2) is 42.5 Å². The highest BCUT2D eigenvalue weighted by Gasteiger charge is 2.11. The number of hydrogen-bond donors (Lipinski definition) is 0. The minimum atomic E-state index is -0.158. The van der Waals surface area contributed by atoms with Crippen LogP contribution < -0.4 is 0 Å². The molecule has 0 aromatic heterocycles. The van der Waals surface area contributed by atoms with Crippen molar-refractivity contribution in [3.05, 3.63) is 48.0 Å². The molecule has 2 aromatic carbocycles. The lowest BCUT2D eigenvalue weighted by atomic mass is 10.0. The van der Waals surface area contributed by atoms with Crippen LogP contribution in [0, 0.1) is 0 Å². The minimum absolute atomic E-state index is 0.158. The Morgan fingerprint density at radius 2 is 1.85 bits per heavy atom. The number of likely N-dealkylation sites (N-methyl/N-ethyl adjacent to an activating group) is 1. The van der Waals surface area contributed by atoms with Gasteiger partial charge in [0.15, 0.2) is 0 Å². The second-order valence-electron chi connectivity index (χ2n) is 4.75. The van der Waals surface area contributed by atoms with Gasteiger partial charge in [-0.05, 0) is 29.8 Å². The average molecular weight is 271 g/mol. The molecule has 0 heterocycles. The highest BCUT2D eigenvalue weighted by molar-refractivity contribution is 5.85. The van der Waals surface area contributed by atoms with Crippen molar-refractivity contribution in [2.24, 2.45) is 0 Å². The van der Waals surface area contributed by atoms with Crippen molar-refractivity contribution in [2.75, 3.05) is 19.7 Å². The van der Waals surface area contributed by atoms with Crippen molar-refractivity contribution in [2.45, 2.75) is 20.4 Å². The maximum Gasteiger partial charge on any atom is 0.320 e. The summed E-state index contributed by atoms with van der Waals surface area (Å²) in [5.74, 6) is -0.158. The van der Waals surface area contributed by atoms with Crippen LogP contribution in [0.3, 0.4) is 0 Å². The molecule has 3 nitrogen and oxygen atoms in total. The number of esters is 1. The van der Waals surface area contributed by atoms with E-state index in [4.69, 9.17) is 4.74 Å². The normalized spacial score (nSPS) is 10.9. The fourth-order valence-electron chi connectivity index (χ4n) is 2.34. The lowest BCUT2D eigenvalue weighted by molar-refractivity contribution is -0.144. The SMILES string of the molecule is CCOC(=O)CN(CC)Cc1cccc2ccccc12. The quantitative estimate of drug-likeness (QED) is 0.755. The molecule has 106 valence electrons. The Kier molecular flexibility index (Phi) is 5.13.